The van der Waals surface area contributed by atoms with Crippen LogP contribution in [-0.2, 0) is 19.9 Å². The molecule has 2 aromatic rings. The number of hydrogen-bond acceptors (Lipinski definition) is 4. The van der Waals surface area contributed by atoms with E-state index in [2.05, 4.69) is 24.3 Å². The average Bonchev–Trinajstić information content (AvgIpc) is 3.09. The van der Waals surface area contributed by atoms with E-state index in [0.29, 0.717) is 0 Å². The molecule has 4 nitrogen and oxygen atoms in total. The van der Waals surface area contributed by atoms with Crippen LogP contribution in [0.5, 0.6) is 0 Å². The zero-order chi connectivity index (χ0) is 14.1. The number of nitrogens with zero attached hydrogens (tertiary/aromatic N) is 3. The molecule has 1 aliphatic rings. The molecule has 1 atom stereocenters. The van der Waals surface area contributed by atoms with Crippen molar-refractivity contribution in [1.29, 1.82) is 0 Å². The second kappa shape index (κ2) is 5.66. The Morgan fingerprint density at radius 3 is 2.95 bits per heavy atom. The summed E-state index contributed by atoms with van der Waals surface area (Å²) in [6.07, 6.45) is 6.74. The first-order valence-corrected chi connectivity index (χ1v) is 8.22. The molecule has 0 spiro atoms. The molecule has 0 radical (unpaired) electrons. The van der Waals surface area contributed by atoms with Gasteiger partial charge in [0.15, 0.2) is 0 Å². The molecule has 2 aromatic heterocycles. The number of aromatic nitrogens is 3. The number of thiazole rings is 1. The highest BCUT2D eigenvalue weighted by molar-refractivity contribution is 7.11. The summed E-state index contributed by atoms with van der Waals surface area (Å²) in [5.41, 5.74) is 3.80. The predicted octanol–water partition coefficient (Wildman–Crippen LogP) is 2.76. The zero-order valence-corrected chi connectivity index (χ0v) is 13.3. The van der Waals surface area contributed by atoms with Gasteiger partial charge < -0.3 is 5.32 Å². The summed E-state index contributed by atoms with van der Waals surface area (Å²) in [7, 11) is 2.00. The van der Waals surface area contributed by atoms with Crippen LogP contribution in [0.2, 0.25) is 0 Å². The van der Waals surface area contributed by atoms with Crippen molar-refractivity contribution in [2.75, 3.05) is 6.54 Å². The standard InChI is InChI=1S/C15H22N4S/c1-4-8-16-14(11-9-17-19(3)10(11)2)15-18-12-6-5-7-13(12)20-15/h9,14,16H,4-8H2,1-3H3. The average molecular weight is 290 g/mol. The maximum atomic E-state index is 4.89. The fourth-order valence-electron chi connectivity index (χ4n) is 2.75. The van der Waals surface area contributed by atoms with E-state index in [9.17, 15) is 0 Å². The molecule has 2 heterocycles. The fraction of sp³-hybridized carbons (Fsp3) is 0.600. The quantitative estimate of drug-likeness (QED) is 0.921. The lowest BCUT2D eigenvalue weighted by atomic mass is 10.1. The molecule has 0 bridgehead atoms. The normalized spacial score (nSPS) is 15.6. The van der Waals surface area contributed by atoms with Gasteiger partial charge in [0.2, 0.25) is 0 Å². The van der Waals surface area contributed by atoms with E-state index in [4.69, 9.17) is 4.98 Å². The smallest absolute Gasteiger partial charge is 0.115 e. The van der Waals surface area contributed by atoms with Gasteiger partial charge in [-0.25, -0.2) is 4.98 Å². The second-order valence-corrected chi connectivity index (χ2v) is 6.59. The molecule has 0 amide bonds. The Bertz CT molecular complexity index is 578. The molecule has 3 rings (SSSR count). The summed E-state index contributed by atoms with van der Waals surface area (Å²) < 4.78 is 1.94. The SMILES string of the molecule is CCCNC(c1nc2c(s1)CCC2)c1cnn(C)c1C. The van der Waals surface area contributed by atoms with Crippen molar-refractivity contribution in [1.82, 2.24) is 20.1 Å². The van der Waals surface area contributed by atoms with Crippen LogP contribution in [0.1, 0.15) is 52.6 Å². The first-order chi connectivity index (χ1) is 9.70. The highest BCUT2D eigenvalue weighted by atomic mass is 32.1. The Balaban J connectivity index is 1.94. The van der Waals surface area contributed by atoms with Gasteiger partial charge in [-0.3, -0.25) is 4.68 Å². The topological polar surface area (TPSA) is 42.7 Å². The van der Waals surface area contributed by atoms with Crippen LogP contribution in [0.15, 0.2) is 6.20 Å². The van der Waals surface area contributed by atoms with E-state index in [1.54, 1.807) is 0 Å². The minimum atomic E-state index is 0.194. The lowest BCUT2D eigenvalue weighted by Gasteiger charge is -2.16. The van der Waals surface area contributed by atoms with Crippen molar-refractivity contribution >= 4 is 11.3 Å². The van der Waals surface area contributed by atoms with Gasteiger partial charge in [0.05, 0.1) is 17.9 Å². The minimum absolute atomic E-state index is 0.194. The molecule has 0 saturated heterocycles. The number of rotatable bonds is 5. The molecule has 20 heavy (non-hydrogen) atoms. The van der Waals surface area contributed by atoms with Gasteiger partial charge in [0.25, 0.3) is 0 Å². The van der Waals surface area contributed by atoms with Gasteiger partial charge in [-0.15, -0.1) is 11.3 Å². The molecular weight excluding hydrogens is 268 g/mol. The van der Waals surface area contributed by atoms with Crippen molar-refractivity contribution in [2.24, 2.45) is 7.05 Å². The van der Waals surface area contributed by atoms with Crippen molar-refractivity contribution in [3.63, 3.8) is 0 Å². The molecule has 0 aromatic carbocycles. The lowest BCUT2D eigenvalue weighted by molar-refractivity contribution is 0.590. The summed E-state index contributed by atoms with van der Waals surface area (Å²) in [4.78, 5) is 6.38. The third-order valence-electron chi connectivity index (χ3n) is 4.04. The maximum absolute atomic E-state index is 4.89. The molecule has 0 saturated carbocycles. The number of hydrogen-bond donors (Lipinski definition) is 1. The maximum Gasteiger partial charge on any atom is 0.115 e. The van der Waals surface area contributed by atoms with Crippen molar-refractivity contribution in [2.45, 2.75) is 45.6 Å². The molecular formula is C15H22N4S. The highest BCUT2D eigenvalue weighted by Gasteiger charge is 2.25. The Hall–Kier alpha value is -1.20. The van der Waals surface area contributed by atoms with E-state index < -0.39 is 0 Å². The number of fused-ring (bicyclic) bond motifs is 1. The third kappa shape index (κ3) is 2.40. The fourth-order valence-corrected chi connectivity index (χ4v) is 4.00. The van der Waals surface area contributed by atoms with Crippen molar-refractivity contribution in [3.05, 3.63) is 33.0 Å². The van der Waals surface area contributed by atoms with Crippen molar-refractivity contribution < 1.29 is 0 Å². The third-order valence-corrected chi connectivity index (χ3v) is 5.26. The van der Waals surface area contributed by atoms with E-state index in [-0.39, 0.29) is 6.04 Å². The largest absolute Gasteiger partial charge is 0.304 e. The molecule has 108 valence electrons. The summed E-state index contributed by atoms with van der Waals surface area (Å²) in [5.74, 6) is 0. The minimum Gasteiger partial charge on any atom is -0.304 e. The van der Waals surface area contributed by atoms with Gasteiger partial charge in [0, 0.05) is 23.2 Å². The van der Waals surface area contributed by atoms with Crippen molar-refractivity contribution in [3.8, 4) is 0 Å². The van der Waals surface area contributed by atoms with E-state index >= 15 is 0 Å². The van der Waals surface area contributed by atoms with Crippen LogP contribution < -0.4 is 5.32 Å². The Labute approximate surface area is 124 Å². The first-order valence-electron chi connectivity index (χ1n) is 7.41. The van der Waals surface area contributed by atoms with Crippen LogP contribution in [0.4, 0.5) is 0 Å². The Morgan fingerprint density at radius 1 is 1.45 bits per heavy atom. The Kier molecular flexibility index (Phi) is 3.89. The summed E-state index contributed by atoms with van der Waals surface area (Å²) in [5, 5.41) is 9.23. The summed E-state index contributed by atoms with van der Waals surface area (Å²) >= 11 is 1.88. The summed E-state index contributed by atoms with van der Waals surface area (Å²) in [6.45, 7) is 5.33. The van der Waals surface area contributed by atoms with Gasteiger partial charge >= 0.3 is 0 Å². The molecule has 1 aliphatic carbocycles. The van der Waals surface area contributed by atoms with Gasteiger partial charge in [0.1, 0.15) is 5.01 Å². The summed E-state index contributed by atoms with van der Waals surface area (Å²) in [6, 6.07) is 0.194. The molecule has 5 heteroatoms. The molecule has 1 N–H and O–H groups in total. The number of nitrogens with one attached hydrogen (secondary N) is 1. The van der Waals surface area contributed by atoms with Crippen LogP contribution in [0.25, 0.3) is 0 Å². The van der Waals surface area contributed by atoms with E-state index in [0.717, 1.165) is 19.4 Å². The van der Waals surface area contributed by atoms with E-state index in [1.807, 2.05) is 29.3 Å². The highest BCUT2D eigenvalue weighted by Crippen LogP contribution is 2.34. The van der Waals surface area contributed by atoms with Gasteiger partial charge in [-0.05, 0) is 39.2 Å². The monoisotopic (exact) mass is 290 g/mol. The molecule has 0 aliphatic heterocycles. The van der Waals surface area contributed by atoms with Crippen LogP contribution >= 0.6 is 11.3 Å². The molecule has 1 unspecified atom stereocenters. The number of aryl methyl sites for hydroxylation is 3. The predicted molar refractivity (Wildman–Crippen MR) is 82.2 cm³/mol. The van der Waals surface area contributed by atoms with Gasteiger partial charge in [-0.2, -0.15) is 5.10 Å². The zero-order valence-electron chi connectivity index (χ0n) is 12.4. The first kappa shape index (κ1) is 13.8. The Morgan fingerprint density at radius 2 is 2.30 bits per heavy atom. The van der Waals surface area contributed by atoms with E-state index in [1.165, 1.54) is 39.7 Å². The van der Waals surface area contributed by atoms with Crippen LogP contribution in [-0.4, -0.2) is 21.3 Å². The molecule has 0 fully saturated rings. The van der Waals surface area contributed by atoms with Crippen LogP contribution in [0, 0.1) is 6.92 Å². The van der Waals surface area contributed by atoms with Crippen LogP contribution in [0.3, 0.4) is 0 Å². The van der Waals surface area contributed by atoms with Gasteiger partial charge in [-0.1, -0.05) is 6.92 Å². The second-order valence-electron chi connectivity index (χ2n) is 5.47. The lowest BCUT2D eigenvalue weighted by Crippen LogP contribution is -2.23.